The van der Waals surface area contributed by atoms with Gasteiger partial charge in [-0.25, -0.2) is 9.97 Å². The highest BCUT2D eigenvalue weighted by molar-refractivity contribution is 5.50. The highest BCUT2D eigenvalue weighted by Gasteiger charge is 2.23. The Morgan fingerprint density at radius 1 is 1.15 bits per heavy atom. The molecule has 1 aliphatic rings. The summed E-state index contributed by atoms with van der Waals surface area (Å²) in [6.45, 7) is 7.64. The fourth-order valence-electron chi connectivity index (χ4n) is 4.31. The Hall–Kier alpha value is -3.03. The van der Waals surface area contributed by atoms with Gasteiger partial charge in [0, 0.05) is 49.8 Å². The number of pyridine rings is 1. The third-order valence-corrected chi connectivity index (χ3v) is 5.71. The van der Waals surface area contributed by atoms with E-state index in [2.05, 4.69) is 50.5 Å². The van der Waals surface area contributed by atoms with Crippen LogP contribution in [0.25, 0.3) is 0 Å². The van der Waals surface area contributed by atoms with Crippen molar-refractivity contribution in [2.24, 2.45) is 0 Å². The van der Waals surface area contributed by atoms with E-state index in [0.717, 1.165) is 55.3 Å². The molecule has 1 aliphatic heterocycles. The molecule has 7 heteroatoms. The summed E-state index contributed by atoms with van der Waals surface area (Å²) in [6, 6.07) is 12.6. The minimum absolute atomic E-state index is 0.140. The Balaban J connectivity index is 1.43. The van der Waals surface area contributed by atoms with Gasteiger partial charge in [0.25, 0.3) is 0 Å². The topological polar surface area (TPSA) is 72.4 Å². The van der Waals surface area contributed by atoms with E-state index < -0.39 is 0 Å². The molecule has 174 valence electrons. The van der Waals surface area contributed by atoms with Gasteiger partial charge < -0.3 is 14.8 Å². The van der Waals surface area contributed by atoms with Crippen molar-refractivity contribution in [1.82, 2.24) is 19.9 Å². The van der Waals surface area contributed by atoms with Crippen LogP contribution in [0.3, 0.4) is 0 Å². The Morgan fingerprint density at radius 3 is 2.85 bits per heavy atom. The predicted molar refractivity (Wildman–Crippen MR) is 130 cm³/mol. The molecule has 0 amide bonds. The molecule has 3 heterocycles. The summed E-state index contributed by atoms with van der Waals surface area (Å²) < 4.78 is 11.4. The molecule has 1 N–H and O–H groups in total. The van der Waals surface area contributed by atoms with Gasteiger partial charge in [0.2, 0.25) is 0 Å². The highest BCUT2D eigenvalue weighted by atomic mass is 16.5. The molecule has 0 radical (unpaired) electrons. The number of nitrogens with zero attached hydrogens (tertiary/aromatic N) is 4. The summed E-state index contributed by atoms with van der Waals surface area (Å²) in [5, 5.41) is 3.25. The minimum atomic E-state index is 0.140. The first-order valence-corrected chi connectivity index (χ1v) is 11.6. The Bertz CT molecular complexity index is 1030. The van der Waals surface area contributed by atoms with E-state index >= 15 is 0 Å². The molecule has 2 aromatic heterocycles. The standard InChI is InChI=1S/C26H33N5O2/c1-19(2)33-24-10-9-20(14-22(24)18-32-3)16-31-13-5-6-21(17-31)23-7-4-8-25(29-23)30-26-15-27-11-12-28-26/h4,7-12,14-15,19,21H,5-6,13,16-18H2,1-3H3,(H,28,29,30). The summed E-state index contributed by atoms with van der Waals surface area (Å²) in [7, 11) is 1.72. The van der Waals surface area contributed by atoms with Crippen molar-refractivity contribution >= 4 is 11.6 Å². The lowest BCUT2D eigenvalue weighted by Crippen LogP contribution is -2.34. The lowest BCUT2D eigenvalue weighted by atomic mass is 9.94. The number of hydrogen-bond acceptors (Lipinski definition) is 7. The average Bonchev–Trinajstić information content (AvgIpc) is 2.82. The maximum absolute atomic E-state index is 5.96. The molecular formula is C26H33N5O2. The molecule has 3 aromatic rings. The maximum Gasteiger partial charge on any atom is 0.150 e. The third kappa shape index (κ3) is 6.49. The van der Waals surface area contributed by atoms with Crippen LogP contribution in [0.1, 0.15) is 49.4 Å². The largest absolute Gasteiger partial charge is 0.491 e. The van der Waals surface area contributed by atoms with Gasteiger partial charge in [-0.05, 0) is 63.1 Å². The van der Waals surface area contributed by atoms with E-state index in [1.54, 1.807) is 25.7 Å². The maximum atomic E-state index is 5.96. The van der Waals surface area contributed by atoms with E-state index in [4.69, 9.17) is 14.5 Å². The Morgan fingerprint density at radius 2 is 2.06 bits per heavy atom. The fraction of sp³-hybridized carbons (Fsp3) is 0.423. The number of aromatic nitrogens is 3. The molecule has 1 atom stereocenters. The summed E-state index contributed by atoms with van der Waals surface area (Å²) >= 11 is 0. The van der Waals surface area contributed by atoms with E-state index in [0.29, 0.717) is 18.3 Å². The molecule has 0 aliphatic carbocycles. The molecule has 1 fully saturated rings. The van der Waals surface area contributed by atoms with Crippen molar-refractivity contribution in [1.29, 1.82) is 0 Å². The van der Waals surface area contributed by atoms with Crippen LogP contribution in [0.5, 0.6) is 5.75 Å². The Labute approximate surface area is 196 Å². The molecule has 0 bridgehead atoms. The van der Waals surface area contributed by atoms with Crippen LogP contribution in [0.4, 0.5) is 11.6 Å². The molecule has 0 saturated carbocycles. The molecule has 0 spiro atoms. The zero-order chi connectivity index (χ0) is 23.0. The number of nitrogens with one attached hydrogen (secondary N) is 1. The molecule has 1 saturated heterocycles. The number of likely N-dealkylation sites (tertiary alicyclic amines) is 1. The van der Waals surface area contributed by atoms with Crippen molar-refractivity contribution in [2.45, 2.75) is 51.9 Å². The third-order valence-electron chi connectivity index (χ3n) is 5.71. The van der Waals surface area contributed by atoms with Crippen molar-refractivity contribution in [3.63, 3.8) is 0 Å². The van der Waals surface area contributed by atoms with Crippen molar-refractivity contribution < 1.29 is 9.47 Å². The lowest BCUT2D eigenvalue weighted by Gasteiger charge is -2.32. The zero-order valence-corrected chi connectivity index (χ0v) is 19.7. The zero-order valence-electron chi connectivity index (χ0n) is 19.7. The van der Waals surface area contributed by atoms with Gasteiger partial charge in [-0.1, -0.05) is 12.1 Å². The quantitative estimate of drug-likeness (QED) is 0.499. The first kappa shape index (κ1) is 23.1. The van der Waals surface area contributed by atoms with Crippen LogP contribution >= 0.6 is 0 Å². The second-order valence-electron chi connectivity index (χ2n) is 8.78. The van der Waals surface area contributed by atoms with Gasteiger partial charge in [-0.15, -0.1) is 0 Å². The first-order chi connectivity index (χ1) is 16.1. The van der Waals surface area contributed by atoms with Crippen LogP contribution < -0.4 is 10.1 Å². The molecule has 1 aromatic carbocycles. The summed E-state index contributed by atoms with van der Waals surface area (Å²) in [5.74, 6) is 2.81. The van der Waals surface area contributed by atoms with Crippen LogP contribution in [0.2, 0.25) is 0 Å². The normalized spacial score (nSPS) is 16.7. The van der Waals surface area contributed by atoms with Gasteiger partial charge >= 0.3 is 0 Å². The number of hydrogen-bond donors (Lipinski definition) is 1. The number of benzene rings is 1. The van der Waals surface area contributed by atoms with Gasteiger partial charge in [0.05, 0.1) is 18.9 Å². The fourth-order valence-corrected chi connectivity index (χ4v) is 4.31. The summed E-state index contributed by atoms with van der Waals surface area (Å²) in [6.07, 6.45) is 7.48. The van der Waals surface area contributed by atoms with Gasteiger partial charge in [0.15, 0.2) is 0 Å². The lowest BCUT2D eigenvalue weighted by molar-refractivity contribution is 0.174. The minimum Gasteiger partial charge on any atom is -0.491 e. The predicted octanol–water partition coefficient (Wildman–Crippen LogP) is 4.93. The second-order valence-corrected chi connectivity index (χ2v) is 8.78. The van der Waals surface area contributed by atoms with Gasteiger partial charge in [-0.3, -0.25) is 9.88 Å². The highest BCUT2D eigenvalue weighted by Crippen LogP contribution is 2.29. The molecule has 7 nitrogen and oxygen atoms in total. The van der Waals surface area contributed by atoms with Crippen LogP contribution in [-0.2, 0) is 17.9 Å². The van der Waals surface area contributed by atoms with Crippen LogP contribution in [0, 0.1) is 0 Å². The number of anilines is 2. The van der Waals surface area contributed by atoms with E-state index in [1.807, 2.05) is 19.9 Å². The number of methoxy groups -OCH3 is 1. The molecular weight excluding hydrogens is 414 g/mol. The van der Waals surface area contributed by atoms with Crippen LogP contribution in [0.15, 0.2) is 55.0 Å². The van der Waals surface area contributed by atoms with Crippen molar-refractivity contribution in [3.05, 3.63) is 71.8 Å². The average molecular weight is 448 g/mol. The Kier molecular flexibility index (Phi) is 7.86. The number of rotatable bonds is 9. The number of ether oxygens (including phenoxy) is 2. The SMILES string of the molecule is COCc1cc(CN2CCCC(c3cccc(Nc4cnccn4)n3)C2)ccc1OC(C)C. The van der Waals surface area contributed by atoms with E-state index in [-0.39, 0.29) is 6.10 Å². The van der Waals surface area contributed by atoms with E-state index in [1.165, 1.54) is 5.56 Å². The van der Waals surface area contributed by atoms with Crippen LogP contribution in [-0.4, -0.2) is 46.2 Å². The summed E-state index contributed by atoms with van der Waals surface area (Å²) in [5.41, 5.74) is 3.50. The van der Waals surface area contributed by atoms with Crippen molar-refractivity contribution in [2.75, 3.05) is 25.5 Å². The molecule has 1 unspecified atom stereocenters. The van der Waals surface area contributed by atoms with E-state index in [9.17, 15) is 0 Å². The first-order valence-electron chi connectivity index (χ1n) is 11.6. The molecule has 4 rings (SSSR count). The van der Waals surface area contributed by atoms with Gasteiger partial charge in [0.1, 0.15) is 17.4 Å². The van der Waals surface area contributed by atoms with Gasteiger partial charge in [-0.2, -0.15) is 0 Å². The van der Waals surface area contributed by atoms with Crippen molar-refractivity contribution in [3.8, 4) is 5.75 Å². The smallest absolute Gasteiger partial charge is 0.150 e. The molecule has 33 heavy (non-hydrogen) atoms. The second kappa shape index (κ2) is 11.2. The monoisotopic (exact) mass is 447 g/mol. The number of piperidine rings is 1. The summed E-state index contributed by atoms with van der Waals surface area (Å²) in [4.78, 5) is 15.8.